The van der Waals surface area contributed by atoms with Gasteiger partial charge in [-0.05, 0) is 42.2 Å². The lowest BCUT2D eigenvalue weighted by Crippen LogP contribution is -2.51. The van der Waals surface area contributed by atoms with Crippen LogP contribution in [0.25, 0.3) is 0 Å². The Hall–Kier alpha value is -0.136. The minimum absolute atomic E-state index is 0.0150. The molecule has 0 amide bonds. The molecule has 0 aromatic heterocycles. The van der Waals surface area contributed by atoms with Gasteiger partial charge in [-0.2, -0.15) is 0 Å². The molecular weight excluding hydrogens is 308 g/mol. The molecule has 0 rings (SSSR count). The molecule has 0 N–H and O–H groups in total. The van der Waals surface area contributed by atoms with Gasteiger partial charge in [0.05, 0.1) is 0 Å². The molecule has 0 bridgehead atoms. The van der Waals surface area contributed by atoms with Gasteiger partial charge < -0.3 is 8.85 Å². The van der Waals surface area contributed by atoms with Crippen molar-refractivity contribution < 1.29 is 13.6 Å². The monoisotopic (exact) mass is 346 g/mol. The Morgan fingerprint density at radius 2 is 1.18 bits per heavy atom. The molecule has 0 aliphatic heterocycles. The van der Waals surface area contributed by atoms with Gasteiger partial charge in [-0.15, -0.1) is 0 Å². The van der Waals surface area contributed by atoms with Gasteiger partial charge in [-0.25, -0.2) is 0 Å². The van der Waals surface area contributed by atoms with Crippen LogP contribution in [0.3, 0.4) is 0 Å². The van der Waals surface area contributed by atoms with Gasteiger partial charge in [0.25, 0.3) is 8.32 Å². The lowest BCUT2D eigenvalue weighted by atomic mass is 10.1. The lowest BCUT2D eigenvalue weighted by molar-refractivity contribution is -0.146. The quantitative estimate of drug-likeness (QED) is 0.609. The Morgan fingerprint density at radius 1 is 0.818 bits per heavy atom. The van der Waals surface area contributed by atoms with Crippen LogP contribution >= 0.6 is 0 Å². The summed E-state index contributed by atoms with van der Waals surface area (Å²) < 4.78 is 12.4. The highest BCUT2D eigenvalue weighted by atomic mass is 28.4. The molecule has 0 aromatic rings. The average Bonchev–Trinajstić information content (AvgIpc) is 2.21. The Kier molecular flexibility index (Phi) is 6.73. The smallest absolute Gasteiger partial charge is 0.321 e. The Labute approximate surface area is 140 Å². The van der Waals surface area contributed by atoms with Crippen molar-refractivity contribution in [2.75, 3.05) is 0 Å². The molecule has 0 aliphatic rings. The third kappa shape index (κ3) is 5.50. The van der Waals surface area contributed by atoms with Crippen LogP contribution < -0.4 is 0 Å². The van der Waals surface area contributed by atoms with Crippen molar-refractivity contribution in [3.05, 3.63) is 0 Å². The summed E-state index contributed by atoms with van der Waals surface area (Å²) in [5.41, 5.74) is 0. The molecule has 0 fully saturated rings. The average molecular weight is 347 g/mol. The molecule has 5 heteroatoms. The minimum atomic E-state index is -2.11. The first-order chi connectivity index (χ1) is 9.42. The van der Waals surface area contributed by atoms with Crippen LogP contribution in [-0.2, 0) is 13.6 Å². The van der Waals surface area contributed by atoms with E-state index in [1.54, 1.807) is 0 Å². The molecule has 22 heavy (non-hydrogen) atoms. The Bertz CT molecular complexity index is 388. The van der Waals surface area contributed by atoms with E-state index >= 15 is 0 Å². The number of carbonyl (C=O) groups excluding carboxylic acids is 1. The van der Waals surface area contributed by atoms with Crippen LogP contribution in [0.15, 0.2) is 0 Å². The molecule has 0 unspecified atom stereocenters. The zero-order valence-corrected chi connectivity index (χ0v) is 18.9. The van der Waals surface area contributed by atoms with E-state index in [4.69, 9.17) is 8.85 Å². The van der Waals surface area contributed by atoms with E-state index in [1.807, 2.05) is 13.8 Å². The van der Waals surface area contributed by atoms with Crippen LogP contribution in [0.2, 0.25) is 36.3 Å². The maximum atomic E-state index is 12.8. The van der Waals surface area contributed by atoms with Gasteiger partial charge in [0, 0.05) is 0 Å². The Balaban J connectivity index is 5.26. The minimum Gasteiger partial charge on any atom is -0.517 e. The molecule has 132 valence electrons. The normalized spacial score (nSPS) is 15.9. The summed E-state index contributed by atoms with van der Waals surface area (Å²) in [6, 6.07) is 0. The number of hydrogen-bond acceptors (Lipinski definition) is 3. The van der Waals surface area contributed by atoms with E-state index < -0.39 is 22.7 Å². The number of rotatable bonds is 5. The van der Waals surface area contributed by atoms with E-state index in [2.05, 4.69) is 67.7 Å². The summed E-state index contributed by atoms with van der Waals surface area (Å²) in [7, 11) is -4.11. The first kappa shape index (κ1) is 21.9. The summed E-state index contributed by atoms with van der Waals surface area (Å²) in [5.74, 6) is -0.0576. The predicted octanol–water partition coefficient (Wildman–Crippen LogP) is 5.58. The molecule has 0 aliphatic carbocycles. The molecule has 0 heterocycles. The standard InChI is InChI=1S/C17H38O3Si2/c1-13(2)14(19-21(9,10)16(3,4)5)15(18)20-22(11,12)17(6,7)8/h13-14H,1-12H3/t14-/m0/s1. The van der Waals surface area contributed by atoms with E-state index in [9.17, 15) is 4.79 Å². The van der Waals surface area contributed by atoms with Gasteiger partial charge in [0.1, 0.15) is 6.10 Å². The molecule has 1 atom stereocenters. The lowest BCUT2D eigenvalue weighted by Gasteiger charge is -2.41. The van der Waals surface area contributed by atoms with Crippen molar-refractivity contribution in [3.8, 4) is 0 Å². The second kappa shape index (κ2) is 6.77. The topological polar surface area (TPSA) is 35.5 Å². The second-order valence-corrected chi connectivity index (χ2v) is 19.2. The van der Waals surface area contributed by atoms with Crippen molar-refractivity contribution in [2.24, 2.45) is 5.92 Å². The SMILES string of the molecule is CC(C)[C@H](O[Si](C)(C)C(C)(C)C)C(=O)O[Si](C)(C)C(C)(C)C. The summed E-state index contributed by atoms with van der Waals surface area (Å²) in [4.78, 5) is 12.8. The summed E-state index contributed by atoms with van der Waals surface area (Å²) in [6.45, 7) is 25.6. The van der Waals surface area contributed by atoms with Gasteiger partial charge in [0.15, 0.2) is 8.32 Å². The maximum Gasteiger partial charge on any atom is 0.321 e. The molecule has 0 saturated heterocycles. The van der Waals surface area contributed by atoms with Crippen LogP contribution in [0.5, 0.6) is 0 Å². The highest BCUT2D eigenvalue weighted by Gasteiger charge is 2.45. The maximum absolute atomic E-state index is 12.8. The third-order valence-corrected chi connectivity index (χ3v) is 14.0. The summed E-state index contributed by atoms with van der Waals surface area (Å²) >= 11 is 0. The summed E-state index contributed by atoms with van der Waals surface area (Å²) in [6.07, 6.45) is -0.463. The highest BCUT2D eigenvalue weighted by Crippen LogP contribution is 2.40. The van der Waals surface area contributed by atoms with Gasteiger partial charge in [-0.3, -0.25) is 4.79 Å². The van der Waals surface area contributed by atoms with Crippen LogP contribution in [-0.4, -0.2) is 28.7 Å². The molecule has 0 aromatic carbocycles. The molecule has 0 spiro atoms. The van der Waals surface area contributed by atoms with Crippen molar-refractivity contribution in [1.82, 2.24) is 0 Å². The van der Waals surface area contributed by atoms with Crippen molar-refractivity contribution in [3.63, 3.8) is 0 Å². The van der Waals surface area contributed by atoms with Crippen molar-refractivity contribution >= 4 is 22.6 Å². The second-order valence-electron chi connectivity index (χ2n) is 9.72. The van der Waals surface area contributed by atoms with Gasteiger partial charge >= 0.3 is 5.97 Å². The Morgan fingerprint density at radius 3 is 1.45 bits per heavy atom. The first-order valence-corrected chi connectivity index (χ1v) is 14.1. The molecule has 0 radical (unpaired) electrons. The molecule has 0 saturated carbocycles. The number of hydrogen-bond donors (Lipinski definition) is 0. The zero-order valence-electron chi connectivity index (χ0n) is 16.9. The fourth-order valence-electron chi connectivity index (χ4n) is 1.41. The van der Waals surface area contributed by atoms with Crippen molar-refractivity contribution in [1.29, 1.82) is 0 Å². The highest BCUT2D eigenvalue weighted by molar-refractivity contribution is 6.76. The summed E-state index contributed by atoms with van der Waals surface area (Å²) in [5, 5.41) is 0.0958. The largest absolute Gasteiger partial charge is 0.517 e. The van der Waals surface area contributed by atoms with Crippen molar-refractivity contribution in [2.45, 2.75) is 97.8 Å². The zero-order chi connectivity index (χ0) is 18.1. The molecule has 3 nitrogen and oxygen atoms in total. The van der Waals surface area contributed by atoms with Crippen LogP contribution in [0.1, 0.15) is 55.4 Å². The van der Waals surface area contributed by atoms with Gasteiger partial charge in [0.2, 0.25) is 0 Å². The fourth-order valence-corrected chi connectivity index (χ4v) is 3.70. The van der Waals surface area contributed by atoms with Crippen LogP contribution in [0.4, 0.5) is 0 Å². The van der Waals surface area contributed by atoms with E-state index in [-0.39, 0.29) is 22.0 Å². The van der Waals surface area contributed by atoms with E-state index in [1.165, 1.54) is 0 Å². The number of carbonyl (C=O) groups is 1. The van der Waals surface area contributed by atoms with E-state index in [0.717, 1.165) is 0 Å². The van der Waals surface area contributed by atoms with Gasteiger partial charge in [-0.1, -0.05) is 55.4 Å². The van der Waals surface area contributed by atoms with E-state index in [0.29, 0.717) is 0 Å². The third-order valence-electron chi connectivity index (χ3n) is 5.23. The first-order valence-electron chi connectivity index (χ1n) is 8.33. The molecular formula is C17H38O3Si2. The predicted molar refractivity (Wildman–Crippen MR) is 100 cm³/mol. The van der Waals surface area contributed by atoms with Crippen LogP contribution in [0, 0.1) is 5.92 Å². The fraction of sp³-hybridized carbons (Fsp3) is 0.941.